The van der Waals surface area contributed by atoms with Crippen molar-refractivity contribution in [3.8, 4) is 0 Å². The first-order valence-electron chi connectivity index (χ1n) is 5.97. The maximum absolute atomic E-state index is 3.56. The van der Waals surface area contributed by atoms with Gasteiger partial charge in [-0.1, -0.05) is 20.3 Å². The smallest absolute Gasteiger partial charge is 0.00446 e. The molecule has 1 fully saturated rings. The van der Waals surface area contributed by atoms with Crippen LogP contribution in [0.4, 0.5) is 0 Å². The van der Waals surface area contributed by atoms with Crippen LogP contribution in [0.3, 0.4) is 0 Å². The van der Waals surface area contributed by atoms with Crippen molar-refractivity contribution in [1.82, 2.24) is 10.6 Å². The van der Waals surface area contributed by atoms with Crippen molar-refractivity contribution in [1.29, 1.82) is 0 Å². The minimum Gasteiger partial charge on any atom is -0.319 e. The van der Waals surface area contributed by atoms with Gasteiger partial charge < -0.3 is 10.6 Å². The second kappa shape index (κ2) is 5.13. The molecule has 0 amide bonds. The Morgan fingerprint density at radius 3 is 2.71 bits per heavy atom. The molecule has 3 atom stereocenters. The summed E-state index contributed by atoms with van der Waals surface area (Å²) in [4.78, 5) is 0. The molecule has 1 aliphatic rings. The van der Waals surface area contributed by atoms with Gasteiger partial charge in [0.2, 0.25) is 0 Å². The molecule has 2 N–H and O–H groups in total. The fourth-order valence-corrected chi connectivity index (χ4v) is 2.81. The van der Waals surface area contributed by atoms with Crippen LogP contribution < -0.4 is 10.6 Å². The number of hydrogen-bond acceptors (Lipinski definition) is 2. The second-order valence-corrected chi connectivity index (χ2v) is 5.33. The Kier molecular flexibility index (Phi) is 4.39. The summed E-state index contributed by atoms with van der Waals surface area (Å²) in [5.74, 6) is 0.845. The van der Waals surface area contributed by atoms with Crippen molar-refractivity contribution in [2.75, 3.05) is 20.1 Å². The van der Waals surface area contributed by atoms with E-state index in [2.05, 4.69) is 38.5 Å². The van der Waals surface area contributed by atoms with Crippen LogP contribution in [0, 0.1) is 11.3 Å². The summed E-state index contributed by atoms with van der Waals surface area (Å²) in [6, 6.07) is 0.715. The van der Waals surface area contributed by atoms with E-state index in [-0.39, 0.29) is 0 Å². The Labute approximate surface area is 88.8 Å². The van der Waals surface area contributed by atoms with Gasteiger partial charge in [0.1, 0.15) is 0 Å². The lowest BCUT2D eigenvalue weighted by atomic mass is 9.78. The third kappa shape index (κ3) is 3.25. The normalized spacial score (nSPS) is 34.7. The van der Waals surface area contributed by atoms with Gasteiger partial charge in [-0.05, 0) is 44.7 Å². The van der Waals surface area contributed by atoms with Crippen LogP contribution >= 0.6 is 0 Å². The summed E-state index contributed by atoms with van der Waals surface area (Å²) in [7, 11) is 2.06. The predicted molar refractivity (Wildman–Crippen MR) is 62.5 cm³/mol. The lowest BCUT2D eigenvalue weighted by Gasteiger charge is -2.28. The Balaban J connectivity index is 2.40. The van der Waals surface area contributed by atoms with Gasteiger partial charge >= 0.3 is 0 Å². The number of hydrogen-bond donors (Lipinski definition) is 2. The second-order valence-electron chi connectivity index (χ2n) is 5.33. The van der Waals surface area contributed by atoms with Crippen LogP contribution in [-0.4, -0.2) is 26.2 Å². The zero-order valence-corrected chi connectivity index (χ0v) is 10.2. The Morgan fingerprint density at radius 2 is 2.29 bits per heavy atom. The first kappa shape index (κ1) is 12.0. The van der Waals surface area contributed by atoms with E-state index in [9.17, 15) is 0 Å². The molecule has 2 unspecified atom stereocenters. The molecule has 0 saturated carbocycles. The van der Waals surface area contributed by atoms with Gasteiger partial charge in [-0.25, -0.2) is 0 Å². The van der Waals surface area contributed by atoms with Gasteiger partial charge in [-0.2, -0.15) is 0 Å². The fraction of sp³-hybridized carbons (Fsp3) is 1.00. The van der Waals surface area contributed by atoms with Crippen LogP contribution in [0.1, 0.15) is 40.0 Å². The van der Waals surface area contributed by atoms with E-state index in [1.807, 2.05) is 0 Å². The molecule has 2 heteroatoms. The molecule has 0 spiro atoms. The zero-order valence-electron chi connectivity index (χ0n) is 10.2. The molecule has 84 valence electrons. The third-order valence-corrected chi connectivity index (χ3v) is 3.53. The van der Waals surface area contributed by atoms with Crippen LogP contribution in [0.25, 0.3) is 0 Å². The average Bonchev–Trinajstić information content (AvgIpc) is 2.46. The minimum absolute atomic E-state index is 0.539. The summed E-state index contributed by atoms with van der Waals surface area (Å²) in [6.07, 6.45) is 4.00. The Morgan fingerprint density at radius 1 is 1.57 bits per heavy atom. The molecule has 1 heterocycles. The monoisotopic (exact) mass is 198 g/mol. The van der Waals surface area contributed by atoms with Crippen molar-refractivity contribution in [2.24, 2.45) is 11.3 Å². The molecule has 1 saturated heterocycles. The maximum Gasteiger partial charge on any atom is 0.00446 e. The van der Waals surface area contributed by atoms with E-state index in [1.54, 1.807) is 0 Å². The van der Waals surface area contributed by atoms with Crippen LogP contribution in [0.5, 0.6) is 0 Å². The van der Waals surface area contributed by atoms with Gasteiger partial charge in [0.15, 0.2) is 0 Å². The standard InChI is InChI=1S/C12H26N2/c1-5-11(8-13-4)7-12(3)6-10(2)14-9-12/h10-11,13-14H,5-9H2,1-4H3/t10?,11?,12-/m1/s1. The lowest BCUT2D eigenvalue weighted by molar-refractivity contribution is 0.253. The SMILES string of the molecule is CCC(CNC)C[C@]1(C)CNC(C)C1. The first-order chi connectivity index (χ1) is 6.59. The van der Waals surface area contributed by atoms with E-state index >= 15 is 0 Å². The van der Waals surface area contributed by atoms with Gasteiger partial charge in [0.25, 0.3) is 0 Å². The van der Waals surface area contributed by atoms with Crippen molar-refractivity contribution in [3.63, 3.8) is 0 Å². The average molecular weight is 198 g/mol. The molecular formula is C12H26N2. The highest BCUT2D eigenvalue weighted by Gasteiger charge is 2.34. The number of nitrogens with one attached hydrogen (secondary N) is 2. The number of rotatable bonds is 5. The quantitative estimate of drug-likeness (QED) is 0.706. The molecule has 0 aromatic rings. The third-order valence-electron chi connectivity index (χ3n) is 3.53. The summed E-state index contributed by atoms with van der Waals surface area (Å²) in [6.45, 7) is 9.40. The van der Waals surface area contributed by atoms with Crippen molar-refractivity contribution < 1.29 is 0 Å². The van der Waals surface area contributed by atoms with E-state index in [1.165, 1.54) is 32.4 Å². The highest BCUT2D eigenvalue weighted by Crippen LogP contribution is 2.35. The molecule has 14 heavy (non-hydrogen) atoms. The zero-order chi connectivity index (χ0) is 10.6. The highest BCUT2D eigenvalue weighted by molar-refractivity contribution is 4.90. The van der Waals surface area contributed by atoms with Crippen molar-refractivity contribution in [2.45, 2.75) is 46.1 Å². The molecular weight excluding hydrogens is 172 g/mol. The van der Waals surface area contributed by atoms with Gasteiger partial charge in [-0.3, -0.25) is 0 Å². The van der Waals surface area contributed by atoms with Crippen LogP contribution in [-0.2, 0) is 0 Å². The summed E-state index contributed by atoms with van der Waals surface area (Å²) in [5, 5.41) is 6.86. The van der Waals surface area contributed by atoms with Gasteiger partial charge in [0.05, 0.1) is 0 Å². The molecule has 1 aliphatic heterocycles. The molecule has 0 bridgehead atoms. The highest BCUT2D eigenvalue weighted by atomic mass is 15.0. The maximum atomic E-state index is 3.56. The van der Waals surface area contributed by atoms with Crippen LogP contribution in [0.15, 0.2) is 0 Å². The molecule has 0 aromatic heterocycles. The Hall–Kier alpha value is -0.0800. The molecule has 0 aliphatic carbocycles. The lowest BCUT2D eigenvalue weighted by Crippen LogP contribution is -2.28. The van der Waals surface area contributed by atoms with E-state index in [0.717, 1.165) is 5.92 Å². The van der Waals surface area contributed by atoms with Crippen molar-refractivity contribution >= 4 is 0 Å². The summed E-state index contributed by atoms with van der Waals surface area (Å²) >= 11 is 0. The first-order valence-corrected chi connectivity index (χ1v) is 5.97. The molecule has 0 aromatic carbocycles. The molecule has 2 nitrogen and oxygen atoms in total. The predicted octanol–water partition coefficient (Wildman–Crippen LogP) is 2.01. The van der Waals surface area contributed by atoms with Crippen molar-refractivity contribution in [3.05, 3.63) is 0 Å². The molecule has 0 radical (unpaired) electrons. The topological polar surface area (TPSA) is 24.1 Å². The Bertz CT molecular complexity index is 170. The largest absolute Gasteiger partial charge is 0.319 e. The van der Waals surface area contributed by atoms with E-state index in [4.69, 9.17) is 0 Å². The summed E-state index contributed by atoms with van der Waals surface area (Å²) < 4.78 is 0. The van der Waals surface area contributed by atoms with Gasteiger partial charge in [0, 0.05) is 12.6 Å². The fourth-order valence-electron chi connectivity index (χ4n) is 2.81. The minimum atomic E-state index is 0.539. The molecule has 1 rings (SSSR count). The summed E-state index contributed by atoms with van der Waals surface area (Å²) in [5.41, 5.74) is 0.539. The van der Waals surface area contributed by atoms with Crippen LogP contribution in [0.2, 0.25) is 0 Å². The van der Waals surface area contributed by atoms with E-state index < -0.39 is 0 Å². The van der Waals surface area contributed by atoms with E-state index in [0.29, 0.717) is 11.5 Å². The van der Waals surface area contributed by atoms with Gasteiger partial charge in [-0.15, -0.1) is 0 Å².